The molecule has 10 heteroatoms. The van der Waals surface area contributed by atoms with Gasteiger partial charge in [0.05, 0.1) is 24.3 Å². The molecule has 0 radical (unpaired) electrons. The van der Waals surface area contributed by atoms with E-state index in [4.69, 9.17) is 4.74 Å². The second kappa shape index (κ2) is 6.91. The van der Waals surface area contributed by atoms with Crippen LogP contribution in [-0.4, -0.2) is 37.1 Å². The van der Waals surface area contributed by atoms with E-state index in [1.807, 2.05) is 0 Å². The van der Waals surface area contributed by atoms with Crippen LogP contribution in [0.5, 0.6) is 0 Å². The molecule has 0 N–H and O–H groups in total. The van der Waals surface area contributed by atoms with E-state index in [0.29, 0.717) is 0 Å². The van der Waals surface area contributed by atoms with Crippen molar-refractivity contribution in [1.29, 1.82) is 0 Å². The van der Waals surface area contributed by atoms with Crippen molar-refractivity contribution in [3.05, 3.63) is 35.4 Å². The van der Waals surface area contributed by atoms with Crippen LogP contribution in [-0.2, 0) is 21.9 Å². The van der Waals surface area contributed by atoms with Gasteiger partial charge in [0.25, 0.3) is 5.91 Å². The van der Waals surface area contributed by atoms with Crippen molar-refractivity contribution in [2.45, 2.75) is 17.2 Å². The topological polar surface area (TPSA) is 29.5 Å². The Bertz CT molecular complexity index is 692. The zero-order chi connectivity index (χ0) is 19.0. The summed E-state index contributed by atoms with van der Waals surface area (Å²) >= 11 is 3.50. The number of hydrogen-bond acceptors (Lipinski definition) is 3. The Morgan fingerprint density at radius 1 is 1.04 bits per heavy atom. The fourth-order valence-electron chi connectivity index (χ4n) is 2.50. The first kappa shape index (κ1) is 19.6. The van der Waals surface area contributed by atoms with Crippen LogP contribution < -0.4 is 0 Å². The first-order valence-corrected chi connectivity index (χ1v) is 7.46. The lowest BCUT2D eigenvalue weighted by Crippen LogP contribution is -2.41. The number of hydrogen-bond donors (Lipinski definition) is 1. The predicted octanol–water partition coefficient (Wildman–Crippen LogP) is 3.88. The Morgan fingerprint density at radius 2 is 1.56 bits per heavy atom. The molecule has 0 aliphatic carbocycles. The maximum atomic E-state index is 13.4. The molecular weight excluding hydrogens is 372 g/mol. The molecule has 3 nitrogen and oxygen atoms in total. The molecule has 0 bridgehead atoms. The van der Waals surface area contributed by atoms with Crippen molar-refractivity contribution in [3.8, 4) is 0 Å². The number of halogens is 6. The molecule has 1 aromatic rings. The number of morpholine rings is 1. The van der Waals surface area contributed by atoms with Gasteiger partial charge >= 0.3 is 12.4 Å². The monoisotopic (exact) mass is 385 g/mol. The number of carbonyl (C=O) groups is 1. The third kappa shape index (κ3) is 4.12. The van der Waals surface area contributed by atoms with E-state index in [1.165, 1.54) is 4.90 Å². The number of carbonyl (C=O) groups excluding carboxylic acids is 1. The molecule has 2 rings (SSSR count). The Balaban J connectivity index is 2.57. The molecule has 0 saturated carbocycles. The molecule has 25 heavy (non-hydrogen) atoms. The van der Waals surface area contributed by atoms with Crippen LogP contribution in [0.15, 0.2) is 23.6 Å². The summed E-state index contributed by atoms with van der Waals surface area (Å²) in [5.74, 6) is -0.867. The second-order valence-electron chi connectivity index (χ2n) is 5.26. The summed E-state index contributed by atoms with van der Waals surface area (Å²) in [7, 11) is 0. The number of amides is 1. The van der Waals surface area contributed by atoms with Crippen LogP contribution in [0.2, 0.25) is 0 Å². The summed E-state index contributed by atoms with van der Waals surface area (Å²) in [6, 6.07) is 1.55. The van der Waals surface area contributed by atoms with Gasteiger partial charge in [-0.3, -0.25) is 4.79 Å². The smallest absolute Gasteiger partial charge is 0.378 e. The number of rotatable bonds is 2. The summed E-state index contributed by atoms with van der Waals surface area (Å²) in [5.41, 5.74) is -5.46. The van der Waals surface area contributed by atoms with Crippen LogP contribution >= 0.6 is 12.6 Å². The van der Waals surface area contributed by atoms with Crippen molar-refractivity contribution in [2.75, 3.05) is 26.3 Å². The van der Waals surface area contributed by atoms with Gasteiger partial charge < -0.3 is 9.64 Å². The molecule has 1 aliphatic heterocycles. The molecule has 1 fully saturated rings. The minimum absolute atomic E-state index is 0.121. The zero-order valence-corrected chi connectivity index (χ0v) is 13.6. The molecule has 0 spiro atoms. The van der Waals surface area contributed by atoms with E-state index in [1.54, 1.807) is 0 Å². The highest BCUT2D eigenvalue weighted by Crippen LogP contribution is 2.46. The molecule has 1 aromatic carbocycles. The van der Waals surface area contributed by atoms with E-state index in [0.717, 1.165) is 12.1 Å². The molecule has 1 aliphatic rings. The second-order valence-corrected chi connectivity index (χ2v) is 5.74. The highest BCUT2D eigenvalue weighted by Gasteiger charge is 2.47. The SMILES string of the molecule is C=C(C(=O)N1CCOCC1)c1ccc(S)c(C(F)(F)F)c1C(F)(F)F. The molecule has 0 unspecified atom stereocenters. The lowest BCUT2D eigenvalue weighted by atomic mass is 9.94. The average molecular weight is 385 g/mol. The lowest BCUT2D eigenvalue weighted by molar-refractivity contribution is -0.163. The maximum Gasteiger partial charge on any atom is 0.418 e. The third-order valence-corrected chi connectivity index (χ3v) is 4.00. The Morgan fingerprint density at radius 3 is 2.04 bits per heavy atom. The molecule has 138 valence electrons. The lowest BCUT2D eigenvalue weighted by Gasteiger charge is -2.28. The first-order valence-electron chi connectivity index (χ1n) is 7.01. The van der Waals surface area contributed by atoms with Gasteiger partial charge in [-0.25, -0.2) is 0 Å². The number of benzene rings is 1. The van der Waals surface area contributed by atoms with Gasteiger partial charge in [-0.1, -0.05) is 12.6 Å². The third-order valence-electron chi connectivity index (χ3n) is 3.63. The summed E-state index contributed by atoms with van der Waals surface area (Å²) in [5, 5.41) is 0. The highest BCUT2D eigenvalue weighted by atomic mass is 32.1. The molecule has 1 heterocycles. The van der Waals surface area contributed by atoms with E-state index in [2.05, 4.69) is 19.2 Å². The number of ether oxygens (including phenoxy) is 1. The number of alkyl halides is 6. The molecular formula is C15H13F6NO2S. The normalized spacial score (nSPS) is 16.0. The van der Waals surface area contributed by atoms with Crippen LogP contribution in [0.3, 0.4) is 0 Å². The summed E-state index contributed by atoms with van der Waals surface area (Å²) in [4.78, 5) is 12.6. The zero-order valence-electron chi connectivity index (χ0n) is 12.7. The van der Waals surface area contributed by atoms with Gasteiger partial charge in [-0.05, 0) is 11.6 Å². The first-order chi connectivity index (χ1) is 11.4. The van der Waals surface area contributed by atoms with Gasteiger partial charge in [0, 0.05) is 23.6 Å². The predicted molar refractivity (Wildman–Crippen MR) is 80.1 cm³/mol. The van der Waals surface area contributed by atoms with Crippen molar-refractivity contribution in [2.24, 2.45) is 0 Å². The fourth-order valence-corrected chi connectivity index (χ4v) is 2.81. The van der Waals surface area contributed by atoms with Crippen LogP contribution in [0.4, 0.5) is 26.3 Å². The molecule has 0 atom stereocenters. The van der Waals surface area contributed by atoms with Gasteiger partial charge in [0.1, 0.15) is 0 Å². The minimum atomic E-state index is -5.34. The van der Waals surface area contributed by atoms with Gasteiger partial charge in [-0.2, -0.15) is 26.3 Å². The average Bonchev–Trinajstić information content (AvgIpc) is 2.52. The maximum absolute atomic E-state index is 13.4. The number of thiol groups is 1. The van der Waals surface area contributed by atoms with E-state index in [9.17, 15) is 31.1 Å². The highest BCUT2D eigenvalue weighted by molar-refractivity contribution is 7.80. The van der Waals surface area contributed by atoms with Crippen LogP contribution in [0.1, 0.15) is 16.7 Å². The quantitative estimate of drug-likeness (QED) is 0.476. The summed E-state index contributed by atoms with van der Waals surface area (Å²) < 4.78 is 84.6. The van der Waals surface area contributed by atoms with E-state index < -0.39 is 45.4 Å². The largest absolute Gasteiger partial charge is 0.418 e. The van der Waals surface area contributed by atoms with Gasteiger partial charge in [0.2, 0.25) is 0 Å². The standard InChI is InChI=1S/C15H13F6NO2S/c1-8(13(23)22-4-6-24-7-5-22)9-2-3-10(25)12(15(19,20)21)11(9)14(16,17)18/h2-3,25H,1,4-7H2. The van der Waals surface area contributed by atoms with Crippen molar-refractivity contribution < 1.29 is 35.9 Å². The van der Waals surface area contributed by atoms with Crippen molar-refractivity contribution >= 4 is 24.1 Å². The van der Waals surface area contributed by atoms with Crippen molar-refractivity contribution in [3.63, 3.8) is 0 Å². The Kier molecular flexibility index (Phi) is 5.43. The Hall–Kier alpha value is -1.68. The van der Waals surface area contributed by atoms with Gasteiger partial charge in [0.15, 0.2) is 0 Å². The molecule has 1 saturated heterocycles. The van der Waals surface area contributed by atoms with E-state index in [-0.39, 0.29) is 26.3 Å². The molecule has 1 amide bonds. The fraction of sp³-hybridized carbons (Fsp3) is 0.400. The van der Waals surface area contributed by atoms with Crippen LogP contribution in [0.25, 0.3) is 5.57 Å². The molecule has 0 aromatic heterocycles. The van der Waals surface area contributed by atoms with Gasteiger partial charge in [-0.15, -0.1) is 12.6 Å². The Labute approximate surface area is 144 Å². The summed E-state index contributed by atoms with van der Waals surface area (Å²) in [6.07, 6.45) is -10.6. The van der Waals surface area contributed by atoms with Crippen LogP contribution in [0, 0.1) is 0 Å². The minimum Gasteiger partial charge on any atom is -0.378 e. The summed E-state index contributed by atoms with van der Waals surface area (Å²) in [6.45, 7) is 3.92. The number of nitrogens with zero attached hydrogens (tertiary/aromatic N) is 1. The van der Waals surface area contributed by atoms with E-state index >= 15 is 0 Å². The van der Waals surface area contributed by atoms with Crippen molar-refractivity contribution in [1.82, 2.24) is 4.90 Å².